The standard InChI is InChI=1S/C27H43F2NO/c1-16(2)7-6-8-17(3)19-9-10-20-18-13-23(28)22-14-25(30-31)24(29)15-27(22,5)21(18)11-12-26(19,20)4/h14,16-21,23-24,31H,6-13,15H2,1-5H3/t17-,18+,19-,20+,21+,23?,24?,26-,27-/m1/s1. The first-order chi connectivity index (χ1) is 14.6. The molecule has 0 bridgehead atoms. The smallest absolute Gasteiger partial charge is 0.146 e. The van der Waals surface area contributed by atoms with Crippen molar-refractivity contribution in [1.29, 1.82) is 0 Å². The lowest BCUT2D eigenvalue weighted by molar-refractivity contribution is -0.0749. The molecule has 0 aromatic carbocycles. The Bertz CT molecular complexity index is 733. The molecule has 0 aromatic heterocycles. The van der Waals surface area contributed by atoms with Crippen molar-refractivity contribution in [3.63, 3.8) is 0 Å². The minimum absolute atomic E-state index is 0.00498. The van der Waals surface area contributed by atoms with E-state index in [0.717, 1.165) is 24.2 Å². The molecular weight excluding hydrogens is 392 g/mol. The first kappa shape index (κ1) is 23.2. The average molecular weight is 436 g/mol. The number of halogens is 2. The van der Waals surface area contributed by atoms with E-state index in [0.29, 0.717) is 35.2 Å². The molecule has 4 heteroatoms. The zero-order valence-corrected chi connectivity index (χ0v) is 20.2. The third-order valence-electron chi connectivity index (χ3n) is 10.3. The monoisotopic (exact) mass is 435 g/mol. The Kier molecular flexibility index (Phi) is 6.33. The zero-order valence-electron chi connectivity index (χ0n) is 20.2. The van der Waals surface area contributed by atoms with Gasteiger partial charge in [0.15, 0.2) is 0 Å². The van der Waals surface area contributed by atoms with Crippen LogP contribution in [0.4, 0.5) is 8.78 Å². The minimum atomic E-state index is -1.30. The Morgan fingerprint density at radius 3 is 2.48 bits per heavy atom. The van der Waals surface area contributed by atoms with Gasteiger partial charge >= 0.3 is 0 Å². The molecule has 3 fully saturated rings. The van der Waals surface area contributed by atoms with Gasteiger partial charge in [0.2, 0.25) is 0 Å². The van der Waals surface area contributed by atoms with Gasteiger partial charge in [-0.15, -0.1) is 0 Å². The Morgan fingerprint density at radius 2 is 1.81 bits per heavy atom. The van der Waals surface area contributed by atoms with E-state index in [-0.39, 0.29) is 12.1 Å². The van der Waals surface area contributed by atoms with Crippen LogP contribution in [0, 0.1) is 46.3 Å². The van der Waals surface area contributed by atoms with Crippen LogP contribution in [0.2, 0.25) is 0 Å². The summed E-state index contributed by atoms with van der Waals surface area (Å²) in [6.45, 7) is 11.7. The fourth-order valence-corrected chi connectivity index (χ4v) is 8.71. The summed E-state index contributed by atoms with van der Waals surface area (Å²) in [6.07, 6.45) is 8.71. The van der Waals surface area contributed by atoms with Crippen molar-refractivity contribution in [2.45, 2.75) is 105 Å². The molecule has 0 radical (unpaired) electrons. The van der Waals surface area contributed by atoms with Crippen molar-refractivity contribution in [1.82, 2.24) is 0 Å². The van der Waals surface area contributed by atoms with E-state index in [4.69, 9.17) is 5.21 Å². The SMILES string of the molecule is CC(C)CCC[C@@H](C)[C@H]1CC[C@H]2[C@@H]3CC(F)C4=CC(=NO)C(F)C[C@]4(C)[C@H]3CC[C@]12C. The van der Waals surface area contributed by atoms with Gasteiger partial charge in [-0.1, -0.05) is 59.0 Å². The molecular formula is C27H43F2NO. The van der Waals surface area contributed by atoms with Crippen LogP contribution in [-0.2, 0) is 0 Å². The van der Waals surface area contributed by atoms with Crippen LogP contribution in [-0.4, -0.2) is 23.3 Å². The second-order valence-electron chi connectivity index (χ2n) is 12.3. The molecule has 1 N–H and O–H groups in total. The van der Waals surface area contributed by atoms with Gasteiger partial charge in [0.1, 0.15) is 18.1 Å². The molecule has 176 valence electrons. The van der Waals surface area contributed by atoms with Gasteiger partial charge in [-0.3, -0.25) is 0 Å². The molecule has 9 atom stereocenters. The summed E-state index contributed by atoms with van der Waals surface area (Å²) in [5.41, 5.74) is 0.552. The van der Waals surface area contributed by atoms with E-state index in [1.54, 1.807) is 0 Å². The summed E-state index contributed by atoms with van der Waals surface area (Å²) in [5, 5.41) is 12.3. The molecule has 0 aliphatic heterocycles. The molecule has 31 heavy (non-hydrogen) atoms. The first-order valence-electron chi connectivity index (χ1n) is 12.8. The Balaban J connectivity index is 1.55. The number of fused-ring (bicyclic) bond motifs is 5. The number of nitrogens with zero attached hydrogens (tertiary/aromatic N) is 1. The van der Waals surface area contributed by atoms with Crippen molar-refractivity contribution < 1.29 is 14.0 Å². The Morgan fingerprint density at radius 1 is 1.06 bits per heavy atom. The van der Waals surface area contributed by atoms with Crippen LogP contribution in [0.25, 0.3) is 0 Å². The van der Waals surface area contributed by atoms with E-state index < -0.39 is 17.8 Å². The fraction of sp³-hybridized carbons (Fsp3) is 0.889. The van der Waals surface area contributed by atoms with Gasteiger partial charge in [-0.05, 0) is 96.5 Å². The molecule has 0 saturated heterocycles. The predicted octanol–water partition coefficient (Wildman–Crippen LogP) is 7.75. The summed E-state index contributed by atoms with van der Waals surface area (Å²) in [7, 11) is 0. The molecule has 0 amide bonds. The second kappa shape index (κ2) is 8.45. The molecule has 0 aromatic rings. The summed E-state index contributed by atoms with van der Waals surface area (Å²) in [6, 6.07) is 0. The number of allylic oxidation sites excluding steroid dienone is 2. The zero-order chi connectivity index (χ0) is 22.6. The van der Waals surface area contributed by atoms with Gasteiger partial charge < -0.3 is 5.21 Å². The highest BCUT2D eigenvalue weighted by Crippen LogP contribution is 2.68. The summed E-state index contributed by atoms with van der Waals surface area (Å²) in [5.74, 6) is 3.50. The van der Waals surface area contributed by atoms with Crippen LogP contribution < -0.4 is 0 Å². The van der Waals surface area contributed by atoms with Gasteiger partial charge in [-0.25, -0.2) is 8.78 Å². The molecule has 4 aliphatic rings. The molecule has 4 rings (SSSR count). The first-order valence-corrected chi connectivity index (χ1v) is 12.8. The van der Waals surface area contributed by atoms with Crippen LogP contribution in [0.15, 0.2) is 16.8 Å². The summed E-state index contributed by atoms with van der Waals surface area (Å²) in [4.78, 5) is 0. The lowest BCUT2D eigenvalue weighted by Gasteiger charge is -2.59. The predicted molar refractivity (Wildman–Crippen MR) is 123 cm³/mol. The highest BCUT2D eigenvalue weighted by Gasteiger charge is 2.61. The van der Waals surface area contributed by atoms with E-state index in [1.807, 2.05) is 0 Å². The largest absolute Gasteiger partial charge is 0.411 e. The van der Waals surface area contributed by atoms with Crippen molar-refractivity contribution in [2.24, 2.45) is 51.5 Å². The van der Waals surface area contributed by atoms with Crippen LogP contribution in [0.3, 0.4) is 0 Å². The maximum Gasteiger partial charge on any atom is 0.146 e. The molecule has 4 aliphatic carbocycles. The van der Waals surface area contributed by atoms with Gasteiger partial charge in [0, 0.05) is 0 Å². The maximum absolute atomic E-state index is 15.5. The summed E-state index contributed by atoms with van der Waals surface area (Å²) >= 11 is 0. The highest BCUT2D eigenvalue weighted by molar-refractivity contribution is 6.00. The lowest BCUT2D eigenvalue weighted by Crippen LogP contribution is -2.54. The third kappa shape index (κ3) is 3.78. The van der Waals surface area contributed by atoms with E-state index in [1.165, 1.54) is 44.6 Å². The third-order valence-corrected chi connectivity index (χ3v) is 10.3. The quantitative estimate of drug-likeness (QED) is 0.347. The van der Waals surface area contributed by atoms with Crippen LogP contribution in [0.5, 0.6) is 0 Å². The van der Waals surface area contributed by atoms with Crippen molar-refractivity contribution in [2.75, 3.05) is 0 Å². The van der Waals surface area contributed by atoms with Crippen molar-refractivity contribution in [3.05, 3.63) is 11.6 Å². The Labute approximate surface area is 187 Å². The number of rotatable bonds is 5. The van der Waals surface area contributed by atoms with Gasteiger partial charge in [-0.2, -0.15) is 0 Å². The molecule has 0 spiro atoms. The van der Waals surface area contributed by atoms with Crippen molar-refractivity contribution in [3.8, 4) is 0 Å². The number of oxime groups is 1. The lowest BCUT2D eigenvalue weighted by atomic mass is 9.46. The van der Waals surface area contributed by atoms with E-state index >= 15 is 4.39 Å². The van der Waals surface area contributed by atoms with E-state index in [9.17, 15) is 4.39 Å². The van der Waals surface area contributed by atoms with Crippen molar-refractivity contribution >= 4 is 5.71 Å². The average Bonchev–Trinajstić information content (AvgIpc) is 3.04. The molecule has 2 unspecified atom stereocenters. The normalized spacial score (nSPS) is 47.0. The summed E-state index contributed by atoms with van der Waals surface area (Å²) < 4.78 is 30.3. The topological polar surface area (TPSA) is 32.6 Å². The number of hydrogen-bond acceptors (Lipinski definition) is 2. The van der Waals surface area contributed by atoms with Crippen LogP contribution in [0.1, 0.15) is 92.4 Å². The molecule has 0 heterocycles. The molecule has 3 saturated carbocycles. The fourth-order valence-electron chi connectivity index (χ4n) is 8.71. The number of alkyl halides is 2. The van der Waals surface area contributed by atoms with Gasteiger partial charge in [0.05, 0.1) is 0 Å². The van der Waals surface area contributed by atoms with E-state index in [2.05, 4.69) is 39.8 Å². The number of hydrogen-bond donors (Lipinski definition) is 1. The molecule has 2 nitrogen and oxygen atoms in total. The minimum Gasteiger partial charge on any atom is -0.411 e. The highest BCUT2D eigenvalue weighted by atomic mass is 19.1. The second-order valence-corrected chi connectivity index (χ2v) is 12.3. The Hall–Kier alpha value is -0.930. The van der Waals surface area contributed by atoms with Crippen LogP contribution >= 0.6 is 0 Å². The van der Waals surface area contributed by atoms with Gasteiger partial charge in [0.25, 0.3) is 0 Å². The maximum atomic E-state index is 15.5.